The third-order valence-electron chi connectivity index (χ3n) is 5.51. The van der Waals surface area contributed by atoms with Crippen molar-refractivity contribution in [3.8, 4) is 0 Å². The van der Waals surface area contributed by atoms with Gasteiger partial charge in [0.25, 0.3) is 5.78 Å². The van der Waals surface area contributed by atoms with Gasteiger partial charge in [-0.15, -0.1) is 0 Å². The first-order valence-corrected chi connectivity index (χ1v) is 9.51. The first-order chi connectivity index (χ1) is 12.5. The molecule has 2 aliphatic heterocycles. The van der Waals surface area contributed by atoms with Crippen molar-refractivity contribution < 1.29 is 4.79 Å². The molecule has 2 fully saturated rings. The van der Waals surface area contributed by atoms with Crippen LogP contribution in [0.5, 0.6) is 0 Å². The Morgan fingerprint density at radius 1 is 1.15 bits per heavy atom. The Bertz CT molecular complexity index is 794. The van der Waals surface area contributed by atoms with Gasteiger partial charge < -0.3 is 9.80 Å². The number of aryl methyl sites for hydroxylation is 1. The number of fused-ring (bicyclic) bond motifs is 1. The Kier molecular flexibility index (Phi) is 4.52. The van der Waals surface area contributed by atoms with Crippen molar-refractivity contribution in [1.82, 2.24) is 29.4 Å². The fourth-order valence-electron chi connectivity index (χ4n) is 4.13. The molecule has 0 unspecified atom stereocenters. The molecule has 0 spiro atoms. The number of aromatic nitrogens is 4. The predicted octanol–water partition coefficient (Wildman–Crippen LogP) is 0.954. The Morgan fingerprint density at radius 3 is 2.65 bits per heavy atom. The summed E-state index contributed by atoms with van der Waals surface area (Å²) < 4.78 is 1.80. The van der Waals surface area contributed by atoms with E-state index in [0.717, 1.165) is 57.1 Å². The third-order valence-corrected chi connectivity index (χ3v) is 5.51. The minimum atomic E-state index is 0.0406. The van der Waals surface area contributed by atoms with Gasteiger partial charge in [-0.3, -0.25) is 9.69 Å². The number of carbonyl (C=O) groups excluding carboxylic acids is 1. The molecule has 2 aliphatic rings. The molecule has 0 aromatic carbocycles. The lowest BCUT2D eigenvalue weighted by atomic mass is 10.0. The number of piperidine rings is 1. The summed E-state index contributed by atoms with van der Waals surface area (Å²) in [5.41, 5.74) is 0.943. The van der Waals surface area contributed by atoms with Gasteiger partial charge in [0.1, 0.15) is 12.1 Å². The highest BCUT2D eigenvalue weighted by Gasteiger charge is 2.35. The lowest BCUT2D eigenvalue weighted by molar-refractivity contribution is -0.142. The van der Waals surface area contributed by atoms with E-state index < -0.39 is 0 Å². The minimum Gasteiger partial charge on any atom is -0.354 e. The molecule has 4 rings (SSSR count). The van der Waals surface area contributed by atoms with Crippen LogP contribution in [0.2, 0.25) is 0 Å². The van der Waals surface area contributed by atoms with Crippen LogP contribution in [0.3, 0.4) is 0 Å². The zero-order valence-electron chi connectivity index (χ0n) is 15.8. The maximum Gasteiger partial charge on any atom is 0.254 e. The van der Waals surface area contributed by atoms with E-state index in [1.807, 2.05) is 11.8 Å². The number of amides is 1. The number of anilines is 1. The molecular formula is C18H27N7O. The molecule has 0 radical (unpaired) electrons. The van der Waals surface area contributed by atoms with E-state index in [1.165, 1.54) is 0 Å². The molecule has 2 saturated heterocycles. The molecule has 140 valence electrons. The fraction of sp³-hybridized carbons (Fsp3) is 0.667. The lowest BCUT2D eigenvalue weighted by Crippen LogP contribution is -2.58. The summed E-state index contributed by atoms with van der Waals surface area (Å²) in [5.74, 6) is 1.97. The number of carbonyl (C=O) groups is 1. The van der Waals surface area contributed by atoms with Crippen LogP contribution in [0.1, 0.15) is 32.4 Å². The predicted molar refractivity (Wildman–Crippen MR) is 99.2 cm³/mol. The molecule has 2 aromatic heterocycles. The second-order valence-electron chi connectivity index (χ2n) is 7.53. The summed E-state index contributed by atoms with van der Waals surface area (Å²) >= 11 is 0. The topological polar surface area (TPSA) is 69.9 Å². The third kappa shape index (κ3) is 3.02. The van der Waals surface area contributed by atoms with Gasteiger partial charge in [0.15, 0.2) is 0 Å². The van der Waals surface area contributed by atoms with Gasteiger partial charge in [-0.2, -0.15) is 14.6 Å². The first kappa shape index (κ1) is 17.2. The normalized spacial score (nSPS) is 22.6. The van der Waals surface area contributed by atoms with Gasteiger partial charge in [0.2, 0.25) is 5.91 Å². The minimum absolute atomic E-state index is 0.0406. The molecule has 8 heteroatoms. The molecule has 8 nitrogen and oxygen atoms in total. The SMILES string of the molecule is Cc1cc(N2CCN([C@H]3CCCN(C(C)C)C3=O)CC2)n2ncnc2n1. The van der Waals surface area contributed by atoms with Crippen LogP contribution in [0.25, 0.3) is 5.78 Å². The summed E-state index contributed by atoms with van der Waals surface area (Å²) in [6.45, 7) is 10.6. The van der Waals surface area contributed by atoms with E-state index in [-0.39, 0.29) is 12.1 Å². The van der Waals surface area contributed by atoms with Gasteiger partial charge in [-0.1, -0.05) is 0 Å². The maximum absolute atomic E-state index is 12.8. The summed E-state index contributed by atoms with van der Waals surface area (Å²) in [5, 5.41) is 4.31. The first-order valence-electron chi connectivity index (χ1n) is 9.51. The molecular weight excluding hydrogens is 330 g/mol. The Hall–Kier alpha value is -2.22. The molecule has 0 aliphatic carbocycles. The van der Waals surface area contributed by atoms with Crippen LogP contribution in [-0.4, -0.2) is 80.1 Å². The largest absolute Gasteiger partial charge is 0.354 e. The summed E-state index contributed by atoms with van der Waals surface area (Å²) in [7, 11) is 0. The zero-order valence-corrected chi connectivity index (χ0v) is 15.8. The van der Waals surface area contributed by atoms with E-state index in [4.69, 9.17) is 0 Å². The Balaban J connectivity index is 1.47. The second-order valence-corrected chi connectivity index (χ2v) is 7.53. The van der Waals surface area contributed by atoms with Crippen LogP contribution in [0, 0.1) is 6.92 Å². The smallest absolute Gasteiger partial charge is 0.254 e. The van der Waals surface area contributed by atoms with E-state index in [9.17, 15) is 4.79 Å². The number of hydrogen-bond acceptors (Lipinski definition) is 6. The Labute approximate surface area is 153 Å². The van der Waals surface area contributed by atoms with E-state index in [2.05, 4.69) is 44.8 Å². The number of rotatable bonds is 3. The van der Waals surface area contributed by atoms with Gasteiger partial charge in [0.05, 0.1) is 6.04 Å². The molecule has 4 heterocycles. The van der Waals surface area contributed by atoms with E-state index in [0.29, 0.717) is 11.7 Å². The fourth-order valence-corrected chi connectivity index (χ4v) is 4.13. The second kappa shape index (κ2) is 6.83. The van der Waals surface area contributed by atoms with Crippen molar-refractivity contribution in [2.45, 2.75) is 45.7 Å². The van der Waals surface area contributed by atoms with Crippen LogP contribution < -0.4 is 4.90 Å². The van der Waals surface area contributed by atoms with Crippen molar-refractivity contribution in [2.75, 3.05) is 37.6 Å². The molecule has 1 amide bonds. The van der Waals surface area contributed by atoms with Crippen molar-refractivity contribution in [3.63, 3.8) is 0 Å². The number of hydrogen-bond donors (Lipinski definition) is 0. The standard InChI is InChI=1S/C18H27N7O/c1-13(2)24-6-4-5-15(17(24)26)22-7-9-23(10-8-22)16-11-14(3)21-18-19-12-20-25(16)18/h11-13,15H,4-10H2,1-3H3/t15-/m0/s1. The highest BCUT2D eigenvalue weighted by molar-refractivity contribution is 5.83. The molecule has 0 bridgehead atoms. The quantitative estimate of drug-likeness (QED) is 0.815. The lowest BCUT2D eigenvalue weighted by Gasteiger charge is -2.44. The van der Waals surface area contributed by atoms with E-state index >= 15 is 0 Å². The molecule has 1 atom stereocenters. The summed E-state index contributed by atoms with van der Waals surface area (Å²) in [6.07, 6.45) is 3.62. The molecule has 26 heavy (non-hydrogen) atoms. The molecule has 0 N–H and O–H groups in total. The van der Waals surface area contributed by atoms with E-state index in [1.54, 1.807) is 10.8 Å². The summed E-state index contributed by atoms with van der Waals surface area (Å²) in [6, 6.07) is 2.38. The maximum atomic E-state index is 12.8. The molecule has 2 aromatic rings. The van der Waals surface area contributed by atoms with Crippen LogP contribution in [-0.2, 0) is 4.79 Å². The van der Waals surface area contributed by atoms with Gasteiger partial charge in [0, 0.05) is 50.5 Å². The van der Waals surface area contributed by atoms with Crippen LogP contribution in [0.4, 0.5) is 5.82 Å². The van der Waals surface area contributed by atoms with Crippen molar-refractivity contribution in [2.24, 2.45) is 0 Å². The highest BCUT2D eigenvalue weighted by atomic mass is 16.2. The Morgan fingerprint density at radius 2 is 1.92 bits per heavy atom. The van der Waals surface area contributed by atoms with Gasteiger partial charge in [-0.25, -0.2) is 4.98 Å². The van der Waals surface area contributed by atoms with Crippen molar-refractivity contribution in [3.05, 3.63) is 18.1 Å². The van der Waals surface area contributed by atoms with Crippen molar-refractivity contribution >= 4 is 17.5 Å². The average Bonchev–Trinajstić information content (AvgIpc) is 3.09. The summed E-state index contributed by atoms with van der Waals surface area (Å²) in [4.78, 5) is 28.2. The van der Waals surface area contributed by atoms with Gasteiger partial charge in [-0.05, 0) is 33.6 Å². The molecule has 0 saturated carbocycles. The highest BCUT2D eigenvalue weighted by Crippen LogP contribution is 2.23. The van der Waals surface area contributed by atoms with Crippen LogP contribution in [0.15, 0.2) is 12.4 Å². The van der Waals surface area contributed by atoms with Gasteiger partial charge >= 0.3 is 0 Å². The zero-order chi connectivity index (χ0) is 18.3. The van der Waals surface area contributed by atoms with Crippen LogP contribution >= 0.6 is 0 Å². The van der Waals surface area contributed by atoms with Crippen molar-refractivity contribution in [1.29, 1.82) is 0 Å². The number of likely N-dealkylation sites (tertiary alicyclic amines) is 1. The average molecular weight is 357 g/mol. The monoisotopic (exact) mass is 357 g/mol. The number of nitrogens with zero attached hydrogens (tertiary/aromatic N) is 7. The number of piperazine rings is 1.